The Labute approximate surface area is 107 Å². The molecule has 5 unspecified atom stereocenters. The molecule has 2 aliphatic rings. The average Bonchev–Trinajstić information content (AvgIpc) is 2.33. The number of piperidine rings is 1. The second kappa shape index (κ2) is 5.71. The molecule has 0 amide bonds. The van der Waals surface area contributed by atoms with E-state index in [1.807, 2.05) is 0 Å². The fourth-order valence-corrected chi connectivity index (χ4v) is 3.82. The first kappa shape index (κ1) is 13.4. The maximum Gasteiger partial charge on any atom is 0.0124 e. The van der Waals surface area contributed by atoms with Crippen LogP contribution in [0.25, 0.3) is 0 Å². The van der Waals surface area contributed by atoms with Crippen molar-refractivity contribution in [2.75, 3.05) is 13.1 Å². The summed E-state index contributed by atoms with van der Waals surface area (Å²) in [5.41, 5.74) is 6.22. The molecule has 2 fully saturated rings. The van der Waals surface area contributed by atoms with Gasteiger partial charge < -0.3 is 5.73 Å². The van der Waals surface area contributed by atoms with Gasteiger partial charge in [0.05, 0.1) is 0 Å². The molecule has 17 heavy (non-hydrogen) atoms. The van der Waals surface area contributed by atoms with Crippen LogP contribution in [-0.2, 0) is 0 Å². The van der Waals surface area contributed by atoms with E-state index in [2.05, 4.69) is 25.7 Å². The van der Waals surface area contributed by atoms with Gasteiger partial charge in [0.1, 0.15) is 0 Å². The van der Waals surface area contributed by atoms with Crippen molar-refractivity contribution >= 4 is 0 Å². The monoisotopic (exact) mass is 238 g/mol. The van der Waals surface area contributed by atoms with Crippen LogP contribution in [0.5, 0.6) is 0 Å². The number of hydrogen-bond acceptors (Lipinski definition) is 2. The van der Waals surface area contributed by atoms with E-state index >= 15 is 0 Å². The van der Waals surface area contributed by atoms with Gasteiger partial charge >= 0.3 is 0 Å². The fraction of sp³-hybridized carbons (Fsp3) is 1.00. The highest BCUT2D eigenvalue weighted by Crippen LogP contribution is 2.34. The van der Waals surface area contributed by atoms with E-state index in [0.717, 1.165) is 23.8 Å². The molecule has 1 aliphatic carbocycles. The van der Waals surface area contributed by atoms with Crippen LogP contribution in [0.15, 0.2) is 0 Å². The smallest absolute Gasteiger partial charge is 0.0124 e. The first-order valence-corrected chi connectivity index (χ1v) is 7.61. The van der Waals surface area contributed by atoms with Crippen LogP contribution in [0.4, 0.5) is 0 Å². The first-order chi connectivity index (χ1) is 8.11. The third-order valence-electron chi connectivity index (χ3n) is 5.23. The van der Waals surface area contributed by atoms with Gasteiger partial charge in [0.2, 0.25) is 0 Å². The standard InChI is InChI=1S/C15H30N2/c1-4-13-10-17(8-7-14(13)16)15-9-11(2)5-6-12(15)3/h11-15H,4-10,16H2,1-3H3. The SMILES string of the molecule is CCC1CN(C2CC(C)CCC2C)CCC1N. The van der Waals surface area contributed by atoms with E-state index < -0.39 is 0 Å². The van der Waals surface area contributed by atoms with Crippen molar-refractivity contribution in [1.29, 1.82) is 0 Å². The molecule has 2 nitrogen and oxygen atoms in total. The van der Waals surface area contributed by atoms with Crippen molar-refractivity contribution < 1.29 is 0 Å². The Hall–Kier alpha value is -0.0800. The summed E-state index contributed by atoms with van der Waals surface area (Å²) in [6.45, 7) is 9.65. The highest BCUT2D eigenvalue weighted by molar-refractivity contribution is 4.89. The first-order valence-electron chi connectivity index (χ1n) is 7.61. The van der Waals surface area contributed by atoms with Crippen LogP contribution in [0.1, 0.15) is 52.9 Å². The molecule has 0 aromatic carbocycles. The number of nitrogens with two attached hydrogens (primary N) is 1. The molecular formula is C15H30N2. The third kappa shape index (κ3) is 3.03. The van der Waals surface area contributed by atoms with Crippen LogP contribution in [0.3, 0.4) is 0 Å². The summed E-state index contributed by atoms with van der Waals surface area (Å²) in [5, 5.41) is 0. The number of hydrogen-bond donors (Lipinski definition) is 1. The maximum absolute atomic E-state index is 6.22. The van der Waals surface area contributed by atoms with Gasteiger partial charge in [-0.1, -0.05) is 33.6 Å². The predicted molar refractivity (Wildman–Crippen MR) is 73.9 cm³/mol. The molecule has 5 atom stereocenters. The Morgan fingerprint density at radius 1 is 1.18 bits per heavy atom. The molecule has 0 bridgehead atoms. The van der Waals surface area contributed by atoms with Gasteiger partial charge in [0.15, 0.2) is 0 Å². The van der Waals surface area contributed by atoms with Crippen LogP contribution in [0, 0.1) is 17.8 Å². The molecule has 1 heterocycles. The van der Waals surface area contributed by atoms with Crippen LogP contribution in [-0.4, -0.2) is 30.1 Å². The van der Waals surface area contributed by atoms with E-state index in [4.69, 9.17) is 5.73 Å². The quantitative estimate of drug-likeness (QED) is 0.801. The molecule has 0 aromatic heterocycles. The minimum atomic E-state index is 0.451. The van der Waals surface area contributed by atoms with Gasteiger partial charge in [-0.05, 0) is 43.6 Å². The number of likely N-dealkylation sites (tertiary alicyclic amines) is 1. The van der Waals surface area contributed by atoms with Gasteiger partial charge in [-0.3, -0.25) is 4.90 Å². The van der Waals surface area contributed by atoms with Crippen molar-refractivity contribution in [2.45, 2.75) is 65.0 Å². The minimum Gasteiger partial charge on any atom is -0.327 e. The van der Waals surface area contributed by atoms with E-state index in [0.29, 0.717) is 6.04 Å². The predicted octanol–water partition coefficient (Wildman–Crippen LogP) is 2.87. The Balaban J connectivity index is 1.96. The highest BCUT2D eigenvalue weighted by Gasteiger charge is 2.34. The van der Waals surface area contributed by atoms with Crippen molar-refractivity contribution in [2.24, 2.45) is 23.5 Å². The summed E-state index contributed by atoms with van der Waals surface area (Å²) in [7, 11) is 0. The lowest BCUT2D eigenvalue weighted by atomic mass is 9.77. The summed E-state index contributed by atoms with van der Waals surface area (Å²) in [4.78, 5) is 2.76. The summed E-state index contributed by atoms with van der Waals surface area (Å²) < 4.78 is 0. The Morgan fingerprint density at radius 3 is 2.65 bits per heavy atom. The summed E-state index contributed by atoms with van der Waals surface area (Å²) >= 11 is 0. The molecule has 2 N–H and O–H groups in total. The maximum atomic E-state index is 6.22. The van der Waals surface area contributed by atoms with Crippen molar-refractivity contribution in [3.63, 3.8) is 0 Å². The molecular weight excluding hydrogens is 208 g/mol. The number of nitrogens with zero attached hydrogens (tertiary/aromatic N) is 1. The van der Waals surface area contributed by atoms with Crippen molar-refractivity contribution in [1.82, 2.24) is 4.90 Å². The zero-order valence-corrected chi connectivity index (χ0v) is 11.9. The Kier molecular flexibility index (Phi) is 4.48. The van der Waals surface area contributed by atoms with Crippen molar-refractivity contribution in [3.8, 4) is 0 Å². The van der Waals surface area contributed by atoms with Gasteiger partial charge in [-0.15, -0.1) is 0 Å². The molecule has 1 saturated heterocycles. The van der Waals surface area contributed by atoms with Gasteiger partial charge in [0.25, 0.3) is 0 Å². The fourth-order valence-electron chi connectivity index (χ4n) is 3.82. The van der Waals surface area contributed by atoms with Gasteiger partial charge in [0, 0.05) is 18.6 Å². The molecule has 2 heteroatoms. The summed E-state index contributed by atoms with van der Waals surface area (Å²) in [5.74, 6) is 2.54. The normalized spacial score (nSPS) is 44.8. The molecule has 2 rings (SSSR count). The highest BCUT2D eigenvalue weighted by atomic mass is 15.2. The molecule has 1 aliphatic heterocycles. The van der Waals surface area contributed by atoms with E-state index in [1.165, 1.54) is 45.2 Å². The summed E-state index contributed by atoms with van der Waals surface area (Å²) in [6, 6.07) is 1.29. The molecule has 1 saturated carbocycles. The zero-order chi connectivity index (χ0) is 12.4. The van der Waals surface area contributed by atoms with Crippen LogP contribution >= 0.6 is 0 Å². The topological polar surface area (TPSA) is 29.3 Å². The molecule has 100 valence electrons. The van der Waals surface area contributed by atoms with E-state index in [1.54, 1.807) is 0 Å². The van der Waals surface area contributed by atoms with Gasteiger partial charge in [-0.25, -0.2) is 0 Å². The van der Waals surface area contributed by atoms with E-state index in [9.17, 15) is 0 Å². The average molecular weight is 238 g/mol. The lowest BCUT2D eigenvalue weighted by Crippen LogP contribution is -2.53. The lowest BCUT2D eigenvalue weighted by molar-refractivity contribution is 0.0446. The molecule has 0 aromatic rings. The zero-order valence-electron chi connectivity index (χ0n) is 11.9. The lowest BCUT2D eigenvalue weighted by Gasteiger charge is -2.46. The summed E-state index contributed by atoms with van der Waals surface area (Å²) in [6.07, 6.45) is 6.71. The van der Waals surface area contributed by atoms with Crippen LogP contribution in [0.2, 0.25) is 0 Å². The largest absolute Gasteiger partial charge is 0.327 e. The molecule has 0 spiro atoms. The third-order valence-corrected chi connectivity index (χ3v) is 5.23. The Bertz CT molecular complexity index is 241. The second-order valence-corrected chi connectivity index (χ2v) is 6.58. The number of rotatable bonds is 2. The Morgan fingerprint density at radius 2 is 1.94 bits per heavy atom. The molecule has 0 radical (unpaired) electrons. The minimum absolute atomic E-state index is 0.451. The van der Waals surface area contributed by atoms with Crippen molar-refractivity contribution in [3.05, 3.63) is 0 Å². The van der Waals surface area contributed by atoms with Crippen LogP contribution < -0.4 is 5.73 Å². The second-order valence-electron chi connectivity index (χ2n) is 6.58. The van der Waals surface area contributed by atoms with Gasteiger partial charge in [-0.2, -0.15) is 0 Å². The van der Waals surface area contributed by atoms with E-state index in [-0.39, 0.29) is 0 Å².